The number of methoxy groups -OCH3 is 1. The fourth-order valence-corrected chi connectivity index (χ4v) is 2.13. The highest BCUT2D eigenvalue weighted by atomic mass is 16.5. The predicted molar refractivity (Wildman–Crippen MR) is 76.1 cm³/mol. The lowest BCUT2D eigenvalue weighted by Gasteiger charge is -2.10. The van der Waals surface area contributed by atoms with Crippen LogP contribution in [0.15, 0.2) is 30.5 Å². The van der Waals surface area contributed by atoms with E-state index < -0.39 is 12.0 Å². The molecule has 1 fully saturated rings. The van der Waals surface area contributed by atoms with Crippen LogP contribution in [0.1, 0.15) is 12.0 Å². The summed E-state index contributed by atoms with van der Waals surface area (Å²) in [5, 5.41) is 15.0. The Balaban J connectivity index is 1.92. The molecule has 1 aromatic rings. The molecule has 0 bridgehead atoms. The second-order valence-electron chi connectivity index (χ2n) is 4.73. The molecule has 2 unspecified atom stereocenters. The first-order chi connectivity index (χ1) is 9.60. The monoisotopic (exact) mass is 277 g/mol. The van der Waals surface area contributed by atoms with E-state index in [-0.39, 0.29) is 6.04 Å². The van der Waals surface area contributed by atoms with Gasteiger partial charge in [0, 0.05) is 18.8 Å². The maximum atomic E-state index is 10.8. The molecule has 0 amide bonds. The Morgan fingerprint density at radius 2 is 2.20 bits per heavy atom. The van der Waals surface area contributed by atoms with Crippen LogP contribution >= 0.6 is 0 Å². The topological polar surface area (TPSA) is 96.6 Å². The fourth-order valence-electron chi connectivity index (χ4n) is 2.13. The molecule has 0 radical (unpaired) electrons. The molecule has 0 aromatic heterocycles. The van der Waals surface area contributed by atoms with E-state index in [9.17, 15) is 4.79 Å². The van der Waals surface area contributed by atoms with Gasteiger partial charge in [0.25, 0.3) is 0 Å². The van der Waals surface area contributed by atoms with Crippen LogP contribution in [-0.4, -0.2) is 36.8 Å². The van der Waals surface area contributed by atoms with E-state index in [1.54, 1.807) is 13.3 Å². The highest BCUT2D eigenvalue weighted by Gasteiger charge is 2.28. The smallest absolute Gasteiger partial charge is 0.320 e. The number of carboxylic acid groups (broad SMARTS) is 1. The van der Waals surface area contributed by atoms with E-state index in [0.717, 1.165) is 11.3 Å². The molecule has 2 rings (SSSR count). The van der Waals surface area contributed by atoms with Crippen molar-refractivity contribution in [2.45, 2.75) is 18.5 Å². The van der Waals surface area contributed by atoms with Crippen LogP contribution in [0, 0.1) is 0 Å². The number of ether oxygens (including phenoxy) is 1. The standard InChI is InChI=1S/C14H19N3O3/c1-20-11-4-2-9(3-5-11)12(15)8-16-10-6-13(14(18)19)17-7-10/h2-5,8,10,13,16-17H,6-7,15H2,1H3,(H,18,19)/b12-8-. The Labute approximate surface area is 117 Å². The summed E-state index contributed by atoms with van der Waals surface area (Å²) < 4.78 is 5.08. The van der Waals surface area contributed by atoms with Crippen molar-refractivity contribution >= 4 is 11.7 Å². The van der Waals surface area contributed by atoms with Crippen LogP contribution in [0.4, 0.5) is 0 Å². The number of nitrogens with one attached hydrogen (secondary N) is 2. The molecule has 0 saturated carbocycles. The molecule has 0 spiro atoms. The van der Waals surface area contributed by atoms with Crippen molar-refractivity contribution < 1.29 is 14.6 Å². The number of carboxylic acids is 1. The maximum Gasteiger partial charge on any atom is 0.320 e. The van der Waals surface area contributed by atoms with Gasteiger partial charge in [0.15, 0.2) is 0 Å². The summed E-state index contributed by atoms with van der Waals surface area (Å²) in [7, 11) is 1.61. The number of carbonyl (C=O) groups is 1. The summed E-state index contributed by atoms with van der Waals surface area (Å²) in [6, 6.07) is 7.02. The summed E-state index contributed by atoms with van der Waals surface area (Å²) in [4.78, 5) is 10.8. The minimum Gasteiger partial charge on any atom is -0.497 e. The van der Waals surface area contributed by atoms with Gasteiger partial charge in [0.2, 0.25) is 0 Å². The lowest BCUT2D eigenvalue weighted by atomic mass is 10.1. The van der Waals surface area contributed by atoms with Gasteiger partial charge in [0.05, 0.1) is 12.8 Å². The highest BCUT2D eigenvalue weighted by molar-refractivity contribution is 5.74. The quantitative estimate of drug-likeness (QED) is 0.620. The lowest BCUT2D eigenvalue weighted by Crippen LogP contribution is -2.30. The van der Waals surface area contributed by atoms with Gasteiger partial charge >= 0.3 is 5.97 Å². The minimum atomic E-state index is -0.818. The average molecular weight is 277 g/mol. The molecule has 0 aliphatic carbocycles. The van der Waals surface area contributed by atoms with Crippen LogP contribution in [0.5, 0.6) is 5.75 Å². The lowest BCUT2D eigenvalue weighted by molar-refractivity contribution is -0.139. The van der Waals surface area contributed by atoms with E-state index in [1.165, 1.54) is 0 Å². The molecule has 20 heavy (non-hydrogen) atoms. The molecule has 108 valence electrons. The summed E-state index contributed by atoms with van der Waals surface area (Å²) >= 11 is 0. The maximum absolute atomic E-state index is 10.8. The third-order valence-electron chi connectivity index (χ3n) is 3.33. The second kappa shape index (κ2) is 6.29. The molecule has 6 nitrogen and oxygen atoms in total. The predicted octanol–water partition coefficient (Wildman–Crippen LogP) is 0.357. The first-order valence-electron chi connectivity index (χ1n) is 6.42. The Bertz CT molecular complexity index is 499. The van der Waals surface area contributed by atoms with E-state index in [0.29, 0.717) is 18.7 Å². The molecular formula is C14H19N3O3. The first-order valence-corrected chi connectivity index (χ1v) is 6.42. The number of hydrogen-bond donors (Lipinski definition) is 4. The first kappa shape index (κ1) is 14.2. The van der Waals surface area contributed by atoms with E-state index >= 15 is 0 Å². The largest absolute Gasteiger partial charge is 0.497 e. The third-order valence-corrected chi connectivity index (χ3v) is 3.33. The summed E-state index contributed by atoms with van der Waals surface area (Å²) in [6.45, 7) is 0.614. The van der Waals surface area contributed by atoms with Gasteiger partial charge in [-0.1, -0.05) is 0 Å². The minimum absolute atomic E-state index is 0.0768. The van der Waals surface area contributed by atoms with Gasteiger partial charge in [-0.25, -0.2) is 0 Å². The van der Waals surface area contributed by atoms with Crippen LogP contribution in [0.2, 0.25) is 0 Å². The van der Waals surface area contributed by atoms with Crippen molar-refractivity contribution in [2.24, 2.45) is 5.73 Å². The molecule has 1 saturated heterocycles. The van der Waals surface area contributed by atoms with Crippen molar-refractivity contribution in [3.63, 3.8) is 0 Å². The molecule has 2 atom stereocenters. The molecule has 6 heteroatoms. The van der Waals surface area contributed by atoms with Gasteiger partial charge in [-0.2, -0.15) is 0 Å². The summed E-state index contributed by atoms with van der Waals surface area (Å²) in [6.07, 6.45) is 2.26. The molecule has 1 aliphatic heterocycles. The van der Waals surface area contributed by atoms with Crippen molar-refractivity contribution in [3.8, 4) is 5.75 Å². The number of aliphatic carboxylic acids is 1. The van der Waals surface area contributed by atoms with E-state index in [1.807, 2.05) is 24.3 Å². The van der Waals surface area contributed by atoms with Crippen molar-refractivity contribution in [1.29, 1.82) is 0 Å². The molecule has 5 N–H and O–H groups in total. The van der Waals surface area contributed by atoms with Gasteiger partial charge in [-0.15, -0.1) is 0 Å². The molecule has 1 aromatic carbocycles. The highest BCUT2D eigenvalue weighted by Crippen LogP contribution is 2.15. The summed E-state index contributed by atoms with van der Waals surface area (Å²) in [5.41, 5.74) is 7.47. The van der Waals surface area contributed by atoms with Crippen molar-refractivity contribution in [2.75, 3.05) is 13.7 Å². The van der Waals surface area contributed by atoms with Crippen molar-refractivity contribution in [3.05, 3.63) is 36.0 Å². The number of rotatable bonds is 5. The van der Waals surface area contributed by atoms with E-state index in [4.69, 9.17) is 15.6 Å². The average Bonchev–Trinajstić information content (AvgIpc) is 2.94. The fraction of sp³-hybridized carbons (Fsp3) is 0.357. The Morgan fingerprint density at radius 3 is 2.75 bits per heavy atom. The molecule has 1 aliphatic rings. The zero-order chi connectivity index (χ0) is 14.5. The zero-order valence-corrected chi connectivity index (χ0v) is 11.3. The van der Waals surface area contributed by atoms with E-state index in [2.05, 4.69) is 10.6 Å². The Hall–Kier alpha value is -2.21. The zero-order valence-electron chi connectivity index (χ0n) is 11.3. The van der Waals surface area contributed by atoms with Gasteiger partial charge < -0.3 is 26.2 Å². The van der Waals surface area contributed by atoms with Crippen LogP contribution < -0.4 is 21.1 Å². The van der Waals surface area contributed by atoms with Gasteiger partial charge in [0.1, 0.15) is 11.8 Å². The second-order valence-corrected chi connectivity index (χ2v) is 4.73. The summed E-state index contributed by atoms with van der Waals surface area (Å²) in [5.74, 6) is -0.0415. The van der Waals surface area contributed by atoms with Gasteiger partial charge in [-0.05, 0) is 36.2 Å². The van der Waals surface area contributed by atoms with Crippen LogP contribution in [0.25, 0.3) is 5.70 Å². The molecular weight excluding hydrogens is 258 g/mol. The Morgan fingerprint density at radius 1 is 1.50 bits per heavy atom. The van der Waals surface area contributed by atoms with Gasteiger partial charge in [-0.3, -0.25) is 4.79 Å². The molecule has 1 heterocycles. The normalized spacial score (nSPS) is 22.6. The Kier molecular flexibility index (Phi) is 4.47. The number of hydrogen-bond acceptors (Lipinski definition) is 5. The van der Waals surface area contributed by atoms with Crippen LogP contribution in [0.3, 0.4) is 0 Å². The SMILES string of the molecule is COc1ccc(/C(N)=C/NC2CNC(C(=O)O)C2)cc1. The number of benzene rings is 1. The van der Waals surface area contributed by atoms with Crippen LogP contribution in [-0.2, 0) is 4.79 Å². The van der Waals surface area contributed by atoms with Crippen molar-refractivity contribution in [1.82, 2.24) is 10.6 Å². The third kappa shape index (κ3) is 3.42. The number of nitrogens with two attached hydrogens (primary N) is 1.